The maximum absolute atomic E-state index is 9.89. The van der Waals surface area contributed by atoms with Crippen molar-refractivity contribution in [1.29, 1.82) is 0 Å². The predicted octanol–water partition coefficient (Wildman–Crippen LogP) is 14.0. The number of nitrogens with zero attached hydrogens (tertiary/aromatic N) is 2. The van der Waals surface area contributed by atoms with Gasteiger partial charge >= 0.3 is 0 Å². The van der Waals surface area contributed by atoms with Crippen molar-refractivity contribution >= 4 is 54.4 Å². The SMILES string of the molecule is [2H]c1c([2H])c([2H])c2c(c1[2H])c1c([2H])c(-c3ccc4c(c3)c3ccc(-c5ccccc5)cc3n4-c3cccc(-c4ccccc4)c3)c([2H])c([2H])c1n2-c1cccc2ccccc12. The molecule has 0 fully saturated rings. The highest BCUT2D eigenvalue weighted by Gasteiger charge is 2.18. The second-order valence-electron chi connectivity index (χ2n) is 13.6. The Hall–Kier alpha value is -7.16. The molecule has 0 radical (unpaired) electrons. The monoisotopic (exact) mass is 693 g/mol. The first kappa shape index (κ1) is 24.2. The first-order chi connectivity index (χ1) is 29.7. The number of para-hydroxylation sites is 1. The highest BCUT2D eigenvalue weighted by molar-refractivity contribution is 6.14. The summed E-state index contributed by atoms with van der Waals surface area (Å²) in [6, 6.07) is 53.0. The van der Waals surface area contributed by atoms with E-state index in [1.165, 1.54) is 0 Å². The summed E-state index contributed by atoms with van der Waals surface area (Å²) in [5.74, 6) is 0. The van der Waals surface area contributed by atoms with Gasteiger partial charge in [0.05, 0.1) is 37.3 Å². The Morgan fingerprint density at radius 1 is 0.333 bits per heavy atom. The molecular weight excluding hydrogens is 653 g/mol. The first-order valence-corrected chi connectivity index (χ1v) is 18.0. The molecule has 54 heavy (non-hydrogen) atoms. The molecule has 0 N–H and O–H groups in total. The molecule has 11 rings (SSSR count). The van der Waals surface area contributed by atoms with Crippen molar-refractivity contribution in [3.05, 3.63) is 206 Å². The molecule has 0 unspecified atom stereocenters. The van der Waals surface area contributed by atoms with Gasteiger partial charge in [-0.05, 0) is 93.3 Å². The van der Waals surface area contributed by atoms with Crippen molar-refractivity contribution in [3.8, 4) is 44.8 Å². The average Bonchev–Trinajstić information content (AvgIpc) is 3.83. The summed E-state index contributed by atoms with van der Waals surface area (Å²) in [5.41, 5.74) is 8.99. The van der Waals surface area contributed by atoms with Crippen molar-refractivity contribution in [1.82, 2.24) is 9.13 Å². The van der Waals surface area contributed by atoms with E-state index >= 15 is 0 Å². The zero-order chi connectivity index (χ0) is 41.7. The van der Waals surface area contributed by atoms with E-state index in [1.807, 2.05) is 97.1 Å². The lowest BCUT2D eigenvalue weighted by molar-refractivity contribution is 1.18. The van der Waals surface area contributed by atoms with Crippen LogP contribution in [0.4, 0.5) is 0 Å². The van der Waals surface area contributed by atoms with Gasteiger partial charge in [-0.25, -0.2) is 0 Å². The molecule has 0 aliphatic rings. The molecule has 0 saturated carbocycles. The van der Waals surface area contributed by atoms with Crippen molar-refractivity contribution < 1.29 is 9.60 Å². The van der Waals surface area contributed by atoms with Crippen molar-refractivity contribution in [2.45, 2.75) is 0 Å². The molecule has 2 heteroatoms. The van der Waals surface area contributed by atoms with Gasteiger partial charge in [-0.15, -0.1) is 0 Å². The van der Waals surface area contributed by atoms with E-state index in [-0.39, 0.29) is 57.6 Å². The fourth-order valence-electron chi connectivity index (χ4n) is 8.02. The summed E-state index contributed by atoms with van der Waals surface area (Å²) in [6.07, 6.45) is 0. The summed E-state index contributed by atoms with van der Waals surface area (Å²) >= 11 is 0. The Balaban J connectivity index is 1.21. The Morgan fingerprint density at radius 2 is 1.00 bits per heavy atom. The van der Waals surface area contributed by atoms with Crippen LogP contribution in [0.5, 0.6) is 0 Å². The zero-order valence-corrected chi connectivity index (χ0v) is 29.0. The lowest BCUT2D eigenvalue weighted by atomic mass is 9.99. The molecule has 9 aromatic carbocycles. The molecule has 2 aromatic heterocycles. The van der Waals surface area contributed by atoms with Crippen molar-refractivity contribution in [2.75, 3.05) is 0 Å². The minimum atomic E-state index is -0.419. The summed E-state index contributed by atoms with van der Waals surface area (Å²) < 4.78 is 68.7. The molecule has 0 atom stereocenters. The standard InChI is InChI=1S/C52H34N2/c1-3-13-35(14-4-1)38-19-11-20-42(31-38)53-50-29-26-39(33-47(50)45-28-25-41(34-52(45)53)36-15-5-2-6-16-36)40-27-30-51-46(32-40)44-22-9-10-23-49(44)54(51)48-24-12-18-37-17-7-8-21-43(37)48/h1-34H/i9D,10D,22D,23D,27D,30D,32D. The molecule has 0 aliphatic carbocycles. The van der Waals surface area contributed by atoms with Gasteiger partial charge in [-0.2, -0.15) is 0 Å². The van der Waals surface area contributed by atoms with Gasteiger partial charge in [-0.1, -0.05) is 152 Å². The zero-order valence-electron chi connectivity index (χ0n) is 36.0. The van der Waals surface area contributed by atoms with Crippen LogP contribution >= 0.6 is 0 Å². The van der Waals surface area contributed by atoms with Crippen LogP contribution in [-0.2, 0) is 0 Å². The highest BCUT2D eigenvalue weighted by Crippen LogP contribution is 2.40. The predicted molar refractivity (Wildman–Crippen MR) is 229 cm³/mol. The van der Waals surface area contributed by atoms with Crippen LogP contribution in [0.3, 0.4) is 0 Å². The molecular formula is C52H34N2. The maximum atomic E-state index is 9.89. The van der Waals surface area contributed by atoms with Crippen LogP contribution < -0.4 is 0 Å². The van der Waals surface area contributed by atoms with E-state index in [0.29, 0.717) is 11.3 Å². The second kappa shape index (κ2) is 12.2. The molecule has 2 nitrogen and oxygen atoms in total. The average molecular weight is 694 g/mol. The van der Waals surface area contributed by atoms with Gasteiger partial charge in [0.25, 0.3) is 0 Å². The van der Waals surface area contributed by atoms with Gasteiger partial charge in [0.1, 0.15) is 0 Å². The van der Waals surface area contributed by atoms with Crippen LogP contribution in [0.1, 0.15) is 9.60 Å². The highest BCUT2D eigenvalue weighted by atomic mass is 15.0. The van der Waals surface area contributed by atoms with Crippen LogP contribution in [-0.4, -0.2) is 9.13 Å². The van der Waals surface area contributed by atoms with E-state index in [2.05, 4.69) is 71.3 Å². The molecule has 0 bridgehead atoms. The quantitative estimate of drug-likeness (QED) is 0.170. The number of fused-ring (bicyclic) bond motifs is 7. The van der Waals surface area contributed by atoms with E-state index in [4.69, 9.17) is 4.11 Å². The lowest BCUT2D eigenvalue weighted by Crippen LogP contribution is -1.95. The number of aromatic nitrogens is 2. The maximum Gasteiger partial charge on any atom is 0.0645 e. The summed E-state index contributed by atoms with van der Waals surface area (Å²) in [7, 11) is 0. The number of rotatable bonds is 5. The Morgan fingerprint density at radius 3 is 1.85 bits per heavy atom. The molecule has 2 heterocycles. The minimum Gasteiger partial charge on any atom is -0.309 e. The molecule has 11 aromatic rings. The summed E-state index contributed by atoms with van der Waals surface area (Å²) in [4.78, 5) is 0. The molecule has 0 aliphatic heterocycles. The third kappa shape index (κ3) is 4.81. The fraction of sp³-hybridized carbons (Fsp3) is 0. The topological polar surface area (TPSA) is 9.86 Å². The molecule has 252 valence electrons. The Bertz CT molecular complexity index is 3600. The number of benzene rings is 9. The van der Waals surface area contributed by atoms with Crippen LogP contribution in [0, 0.1) is 0 Å². The minimum absolute atomic E-state index is 0.0740. The Kier molecular flexibility index (Phi) is 5.47. The third-order valence-electron chi connectivity index (χ3n) is 10.5. The van der Waals surface area contributed by atoms with Gasteiger partial charge in [0.2, 0.25) is 0 Å². The van der Waals surface area contributed by atoms with Crippen LogP contribution in [0.25, 0.3) is 99.1 Å². The lowest BCUT2D eigenvalue weighted by Gasteiger charge is -2.12. The van der Waals surface area contributed by atoms with Gasteiger partial charge < -0.3 is 9.13 Å². The van der Waals surface area contributed by atoms with Gasteiger partial charge in [0, 0.05) is 32.6 Å². The number of hydrogen-bond acceptors (Lipinski definition) is 0. The van der Waals surface area contributed by atoms with Crippen molar-refractivity contribution in [2.24, 2.45) is 0 Å². The van der Waals surface area contributed by atoms with E-state index in [9.17, 15) is 5.48 Å². The van der Waals surface area contributed by atoms with E-state index in [1.54, 1.807) is 4.57 Å². The molecule has 0 spiro atoms. The molecule has 0 amide bonds. The third-order valence-corrected chi connectivity index (χ3v) is 10.5. The Labute approximate surface area is 323 Å². The largest absolute Gasteiger partial charge is 0.309 e. The normalized spacial score (nSPS) is 13.5. The van der Waals surface area contributed by atoms with E-state index < -0.39 is 12.1 Å². The van der Waals surface area contributed by atoms with Crippen molar-refractivity contribution in [3.63, 3.8) is 0 Å². The second-order valence-corrected chi connectivity index (χ2v) is 13.6. The van der Waals surface area contributed by atoms with Crippen LogP contribution in [0.2, 0.25) is 0 Å². The fourth-order valence-corrected chi connectivity index (χ4v) is 8.02. The summed E-state index contributed by atoms with van der Waals surface area (Å²) in [6.45, 7) is 0. The van der Waals surface area contributed by atoms with Crippen LogP contribution in [0.15, 0.2) is 206 Å². The smallest absolute Gasteiger partial charge is 0.0645 e. The van der Waals surface area contributed by atoms with Gasteiger partial charge in [-0.3, -0.25) is 0 Å². The number of hydrogen-bond donors (Lipinski definition) is 0. The summed E-state index contributed by atoms with van der Waals surface area (Å²) in [5, 5.41) is 3.96. The first-order valence-electron chi connectivity index (χ1n) is 21.5. The molecule has 0 saturated heterocycles. The van der Waals surface area contributed by atoms with Gasteiger partial charge in [0.15, 0.2) is 0 Å². The van der Waals surface area contributed by atoms with E-state index in [0.717, 1.165) is 60.5 Å².